The molecule has 1 saturated carbocycles. The lowest BCUT2D eigenvalue weighted by Gasteiger charge is -2.25. The summed E-state index contributed by atoms with van der Waals surface area (Å²) in [5.41, 5.74) is 1.18. The summed E-state index contributed by atoms with van der Waals surface area (Å²) in [6.45, 7) is 3.25. The molecule has 0 radical (unpaired) electrons. The third kappa shape index (κ3) is 5.55. The number of rotatable bonds is 6. The molecule has 25 heavy (non-hydrogen) atoms. The molecule has 0 amide bonds. The van der Waals surface area contributed by atoms with Gasteiger partial charge in [0.2, 0.25) is 5.75 Å². The highest BCUT2D eigenvalue weighted by molar-refractivity contribution is 14.0. The number of aliphatic imine (C=N–C) groups is 1. The molecule has 2 rings (SSSR count). The molecular weight excluding hydrogens is 433 g/mol. The summed E-state index contributed by atoms with van der Waals surface area (Å²) in [6, 6.07) is 3.73. The van der Waals surface area contributed by atoms with Crippen molar-refractivity contribution in [2.75, 3.05) is 40.2 Å². The number of nitrogens with zero attached hydrogens (tertiary/aromatic N) is 1. The minimum absolute atomic E-state index is 0. The van der Waals surface area contributed by atoms with Gasteiger partial charge in [0.15, 0.2) is 17.5 Å². The number of guanidine groups is 1. The molecule has 7 heteroatoms. The van der Waals surface area contributed by atoms with Crippen molar-refractivity contribution in [3.63, 3.8) is 0 Å². The zero-order valence-corrected chi connectivity index (χ0v) is 18.1. The molecule has 0 aliphatic heterocycles. The molecule has 1 fully saturated rings. The van der Waals surface area contributed by atoms with E-state index < -0.39 is 0 Å². The van der Waals surface area contributed by atoms with Gasteiger partial charge in [-0.25, -0.2) is 0 Å². The van der Waals surface area contributed by atoms with Gasteiger partial charge < -0.3 is 24.8 Å². The molecule has 0 spiro atoms. The third-order valence-electron chi connectivity index (χ3n) is 4.64. The van der Waals surface area contributed by atoms with Crippen molar-refractivity contribution in [2.24, 2.45) is 10.4 Å². The first kappa shape index (κ1) is 21.7. The number of anilines is 1. The van der Waals surface area contributed by atoms with Gasteiger partial charge in [-0.15, -0.1) is 24.0 Å². The van der Waals surface area contributed by atoms with Gasteiger partial charge in [-0.05, 0) is 18.3 Å². The summed E-state index contributed by atoms with van der Waals surface area (Å²) in [4.78, 5) is 4.31. The predicted octanol–water partition coefficient (Wildman–Crippen LogP) is 3.90. The summed E-state index contributed by atoms with van der Waals surface area (Å²) in [7, 11) is 6.57. The van der Waals surface area contributed by atoms with Crippen molar-refractivity contribution < 1.29 is 14.2 Å². The van der Waals surface area contributed by atoms with Crippen molar-refractivity contribution in [3.8, 4) is 17.2 Å². The molecule has 0 atom stereocenters. The maximum absolute atomic E-state index is 5.39. The van der Waals surface area contributed by atoms with Gasteiger partial charge in [0.05, 0.1) is 21.3 Å². The Kier molecular flexibility index (Phi) is 8.61. The second-order valence-electron chi connectivity index (χ2n) is 6.48. The Balaban J connectivity index is 0.00000312. The molecule has 1 aliphatic carbocycles. The molecule has 0 bridgehead atoms. The van der Waals surface area contributed by atoms with Gasteiger partial charge in [0.1, 0.15) is 0 Å². The van der Waals surface area contributed by atoms with E-state index in [9.17, 15) is 0 Å². The predicted molar refractivity (Wildman–Crippen MR) is 113 cm³/mol. The lowest BCUT2D eigenvalue weighted by atomic mass is 9.89. The van der Waals surface area contributed by atoms with Gasteiger partial charge in [0.25, 0.3) is 0 Å². The first-order valence-corrected chi connectivity index (χ1v) is 8.33. The van der Waals surface area contributed by atoms with Crippen LogP contribution in [0.15, 0.2) is 17.1 Å². The molecule has 0 aromatic heterocycles. The van der Waals surface area contributed by atoms with E-state index in [2.05, 4.69) is 22.5 Å². The standard InChI is InChI=1S/C18H29N3O3.HI/c1-18(8-6-7-9-18)12-20-17(19-2)21-13-10-14(22-3)16(24-5)15(11-13)23-4;/h10-11H,6-9,12H2,1-5H3,(H2,19,20,21);1H. The Hall–Kier alpha value is -1.38. The number of ether oxygens (including phenoxy) is 3. The average Bonchev–Trinajstić information content (AvgIpc) is 3.04. The topological polar surface area (TPSA) is 64.1 Å². The molecule has 142 valence electrons. The van der Waals surface area contributed by atoms with Gasteiger partial charge in [-0.2, -0.15) is 0 Å². The normalized spacial score (nSPS) is 16.0. The molecule has 2 N–H and O–H groups in total. The molecular formula is C18H30IN3O3. The Morgan fingerprint density at radius 1 is 1.08 bits per heavy atom. The van der Waals surface area contributed by atoms with Crippen molar-refractivity contribution in [2.45, 2.75) is 32.6 Å². The van der Waals surface area contributed by atoms with Crippen LogP contribution in [0.25, 0.3) is 0 Å². The lowest BCUT2D eigenvalue weighted by Crippen LogP contribution is -2.38. The summed E-state index contributed by atoms with van der Waals surface area (Å²) >= 11 is 0. The van der Waals surface area contributed by atoms with Gasteiger partial charge in [0, 0.05) is 31.4 Å². The van der Waals surface area contributed by atoms with E-state index in [0.29, 0.717) is 22.7 Å². The maximum atomic E-state index is 5.39. The average molecular weight is 463 g/mol. The van der Waals surface area contributed by atoms with Crippen molar-refractivity contribution in [3.05, 3.63) is 12.1 Å². The first-order chi connectivity index (χ1) is 11.5. The minimum Gasteiger partial charge on any atom is -0.493 e. The van der Waals surface area contributed by atoms with Crippen molar-refractivity contribution >= 4 is 35.6 Å². The van der Waals surface area contributed by atoms with Crippen LogP contribution in [0.1, 0.15) is 32.6 Å². The molecule has 0 saturated heterocycles. The van der Waals surface area contributed by atoms with Gasteiger partial charge in [-0.3, -0.25) is 4.99 Å². The Labute approximate surface area is 167 Å². The summed E-state index contributed by atoms with van der Waals surface area (Å²) in [5.74, 6) is 2.53. The monoisotopic (exact) mass is 463 g/mol. The molecule has 1 aromatic carbocycles. The highest BCUT2D eigenvalue weighted by atomic mass is 127. The van der Waals surface area contributed by atoms with Crippen molar-refractivity contribution in [1.82, 2.24) is 5.32 Å². The summed E-state index contributed by atoms with van der Waals surface area (Å²) < 4.78 is 16.1. The molecule has 1 aromatic rings. The number of halogens is 1. The van der Waals surface area contributed by atoms with Crippen LogP contribution in [0.5, 0.6) is 17.2 Å². The van der Waals surface area contributed by atoms with Crippen LogP contribution in [-0.4, -0.2) is 40.9 Å². The van der Waals surface area contributed by atoms with E-state index in [1.54, 1.807) is 28.4 Å². The SMILES string of the molecule is CN=C(NCC1(C)CCCC1)Nc1cc(OC)c(OC)c(OC)c1.I. The van der Waals surface area contributed by atoms with E-state index in [1.807, 2.05) is 12.1 Å². The Bertz CT molecular complexity index is 562. The molecule has 6 nitrogen and oxygen atoms in total. The maximum Gasteiger partial charge on any atom is 0.203 e. The highest BCUT2D eigenvalue weighted by Gasteiger charge is 2.28. The molecule has 0 unspecified atom stereocenters. The second kappa shape index (κ2) is 9.94. The third-order valence-corrected chi connectivity index (χ3v) is 4.64. The first-order valence-electron chi connectivity index (χ1n) is 8.33. The van der Waals surface area contributed by atoms with E-state index in [1.165, 1.54) is 25.7 Å². The summed E-state index contributed by atoms with van der Waals surface area (Å²) in [5, 5.41) is 6.72. The fraction of sp³-hybridized carbons (Fsp3) is 0.611. The lowest BCUT2D eigenvalue weighted by molar-refractivity contribution is 0.324. The second-order valence-corrected chi connectivity index (χ2v) is 6.48. The zero-order valence-electron chi connectivity index (χ0n) is 15.8. The zero-order chi connectivity index (χ0) is 17.6. The highest BCUT2D eigenvalue weighted by Crippen LogP contribution is 2.40. The van der Waals surface area contributed by atoms with Gasteiger partial charge >= 0.3 is 0 Å². The van der Waals surface area contributed by atoms with Crippen LogP contribution in [0.4, 0.5) is 5.69 Å². The Morgan fingerprint density at radius 2 is 1.64 bits per heavy atom. The largest absolute Gasteiger partial charge is 0.493 e. The van der Waals surface area contributed by atoms with Gasteiger partial charge in [-0.1, -0.05) is 19.8 Å². The quantitative estimate of drug-likeness (QED) is 0.381. The number of methoxy groups -OCH3 is 3. The van der Waals surface area contributed by atoms with Crippen LogP contribution in [-0.2, 0) is 0 Å². The van der Waals surface area contributed by atoms with Crippen LogP contribution >= 0.6 is 24.0 Å². The van der Waals surface area contributed by atoms with E-state index in [0.717, 1.165) is 18.2 Å². The fourth-order valence-corrected chi connectivity index (χ4v) is 3.17. The smallest absolute Gasteiger partial charge is 0.203 e. The van der Waals surface area contributed by atoms with Crippen LogP contribution in [0.2, 0.25) is 0 Å². The van der Waals surface area contributed by atoms with Crippen LogP contribution in [0, 0.1) is 5.41 Å². The summed E-state index contributed by atoms with van der Waals surface area (Å²) in [6.07, 6.45) is 5.16. The molecule has 0 heterocycles. The number of hydrogen-bond acceptors (Lipinski definition) is 4. The number of nitrogens with one attached hydrogen (secondary N) is 2. The van der Waals surface area contributed by atoms with Crippen molar-refractivity contribution in [1.29, 1.82) is 0 Å². The number of benzene rings is 1. The minimum atomic E-state index is 0. The van der Waals surface area contributed by atoms with Crippen LogP contribution < -0.4 is 24.8 Å². The fourth-order valence-electron chi connectivity index (χ4n) is 3.17. The van der Waals surface area contributed by atoms with E-state index >= 15 is 0 Å². The molecule has 1 aliphatic rings. The number of hydrogen-bond donors (Lipinski definition) is 2. The van der Waals surface area contributed by atoms with E-state index in [4.69, 9.17) is 14.2 Å². The van der Waals surface area contributed by atoms with E-state index in [-0.39, 0.29) is 24.0 Å². The van der Waals surface area contributed by atoms with Crippen LogP contribution in [0.3, 0.4) is 0 Å². The Morgan fingerprint density at radius 3 is 2.08 bits per heavy atom.